The first kappa shape index (κ1) is 46.0. The number of unbranched alkanes of at least 4 members (excludes halogenated alkanes) is 27. The summed E-state index contributed by atoms with van der Waals surface area (Å²) >= 11 is 0. The molecule has 0 saturated heterocycles. The topological polar surface area (TPSA) is 124 Å². The highest BCUT2D eigenvalue weighted by Crippen LogP contribution is 2.16. The highest BCUT2D eigenvalue weighted by atomic mass is 32.2. The molecule has 0 aromatic rings. The van der Waals surface area contributed by atoms with Crippen molar-refractivity contribution in [2.45, 2.75) is 225 Å². The molecule has 0 aliphatic heterocycles. The lowest BCUT2D eigenvalue weighted by Gasteiger charge is -2.22. The molecule has 0 aromatic heterocycles. The summed E-state index contributed by atoms with van der Waals surface area (Å²) in [6.07, 6.45) is 36.9. The quantitative estimate of drug-likeness (QED) is 0.0295. The number of hydrogen-bond acceptors (Lipinski definition) is 5. The van der Waals surface area contributed by atoms with Crippen LogP contribution in [0, 0.1) is 0 Å². The van der Waals surface area contributed by atoms with Crippen molar-refractivity contribution in [2.75, 3.05) is 5.75 Å². The van der Waals surface area contributed by atoms with E-state index in [0.29, 0.717) is 6.42 Å². The van der Waals surface area contributed by atoms with Crippen LogP contribution >= 0.6 is 0 Å². The summed E-state index contributed by atoms with van der Waals surface area (Å²) in [5, 5.41) is 23.3. The van der Waals surface area contributed by atoms with E-state index in [0.717, 1.165) is 38.5 Å². The summed E-state index contributed by atoms with van der Waals surface area (Å²) in [5.41, 5.74) is 0. The molecule has 0 fully saturated rings. The summed E-state index contributed by atoms with van der Waals surface area (Å²) in [7, 11) is -4.43. The van der Waals surface area contributed by atoms with Gasteiger partial charge in [0, 0.05) is 0 Å². The van der Waals surface area contributed by atoms with Crippen LogP contribution in [0.25, 0.3) is 0 Å². The van der Waals surface area contributed by atoms with Crippen LogP contribution in [-0.2, 0) is 14.9 Å². The summed E-state index contributed by atoms with van der Waals surface area (Å²) < 4.78 is 32.4. The van der Waals surface area contributed by atoms with Crippen LogP contribution in [0.1, 0.15) is 206 Å². The Labute approximate surface area is 291 Å². The van der Waals surface area contributed by atoms with Gasteiger partial charge in [-0.2, -0.15) is 8.42 Å². The zero-order valence-corrected chi connectivity index (χ0v) is 31.6. The maximum Gasteiger partial charge on any atom is 0.267 e. The molecule has 8 heteroatoms. The van der Waals surface area contributed by atoms with Crippen molar-refractivity contribution in [3.8, 4) is 0 Å². The predicted molar refractivity (Wildman–Crippen MR) is 199 cm³/mol. The van der Waals surface area contributed by atoms with Gasteiger partial charge in [0.1, 0.15) is 6.10 Å². The van der Waals surface area contributed by atoms with Gasteiger partial charge in [0.05, 0.1) is 17.9 Å². The molecule has 0 spiro atoms. The molecule has 0 aromatic carbocycles. The fourth-order valence-corrected chi connectivity index (χ4v) is 6.96. The third-order valence-corrected chi connectivity index (χ3v) is 10.1. The first-order valence-corrected chi connectivity index (χ1v) is 21.6. The molecule has 0 radical (unpaired) electrons. The molecule has 4 N–H and O–H groups in total. The van der Waals surface area contributed by atoms with Crippen LogP contribution in [-0.4, -0.2) is 53.1 Å². The average molecular weight is 688 g/mol. The highest BCUT2D eigenvalue weighted by molar-refractivity contribution is 7.85. The number of allylic oxidation sites excluding steroid dienone is 1. The highest BCUT2D eigenvalue weighted by Gasteiger charge is 2.27. The van der Waals surface area contributed by atoms with Gasteiger partial charge in [-0.3, -0.25) is 9.35 Å². The number of amides is 1. The lowest BCUT2D eigenvalue weighted by atomic mass is 10.0. The first-order valence-electron chi connectivity index (χ1n) is 20.0. The van der Waals surface area contributed by atoms with Gasteiger partial charge in [-0.1, -0.05) is 199 Å². The van der Waals surface area contributed by atoms with Gasteiger partial charge in [0.25, 0.3) is 10.1 Å². The van der Waals surface area contributed by atoms with Crippen molar-refractivity contribution in [2.24, 2.45) is 0 Å². The molecule has 280 valence electrons. The van der Waals surface area contributed by atoms with E-state index in [-0.39, 0.29) is 6.42 Å². The number of hydrogen-bond donors (Lipinski definition) is 4. The van der Waals surface area contributed by atoms with E-state index in [2.05, 4.69) is 19.2 Å². The van der Waals surface area contributed by atoms with Crippen molar-refractivity contribution in [3.05, 3.63) is 12.2 Å². The molecule has 0 aliphatic rings. The second-order valence-corrected chi connectivity index (χ2v) is 15.6. The molecule has 0 heterocycles. The van der Waals surface area contributed by atoms with Gasteiger partial charge in [-0.05, 0) is 19.3 Å². The van der Waals surface area contributed by atoms with Crippen molar-refractivity contribution < 1.29 is 28.0 Å². The SMILES string of the molecule is CCCCCCCCCCCCC/C=C/C(O)C(CS(=O)(=O)O)NC(=O)C(O)CCCCCCCCCCCCCCCCCCC. The second-order valence-electron chi connectivity index (χ2n) is 14.1. The fraction of sp³-hybridized carbons (Fsp3) is 0.923. The Bertz CT molecular complexity index is 818. The number of carbonyl (C=O) groups excluding carboxylic acids is 1. The van der Waals surface area contributed by atoms with E-state index in [1.807, 2.05) is 0 Å². The zero-order chi connectivity index (χ0) is 34.9. The van der Waals surface area contributed by atoms with Crippen LogP contribution in [0.15, 0.2) is 12.2 Å². The molecule has 0 aliphatic carbocycles. The molecule has 1 amide bonds. The van der Waals surface area contributed by atoms with E-state index in [9.17, 15) is 28.0 Å². The van der Waals surface area contributed by atoms with Gasteiger partial charge in [0.2, 0.25) is 5.91 Å². The molecular weight excluding hydrogens is 610 g/mol. The zero-order valence-electron chi connectivity index (χ0n) is 30.8. The van der Waals surface area contributed by atoms with Gasteiger partial charge in [-0.15, -0.1) is 0 Å². The molecule has 0 rings (SSSR count). The molecule has 3 unspecified atom stereocenters. The molecule has 3 atom stereocenters. The molecule has 7 nitrogen and oxygen atoms in total. The lowest BCUT2D eigenvalue weighted by Crippen LogP contribution is -2.50. The van der Waals surface area contributed by atoms with E-state index in [1.165, 1.54) is 147 Å². The Morgan fingerprint density at radius 1 is 0.574 bits per heavy atom. The summed E-state index contributed by atoms with van der Waals surface area (Å²) in [5.74, 6) is -1.53. The second kappa shape index (κ2) is 33.5. The number of nitrogens with one attached hydrogen (secondary N) is 1. The normalized spacial score (nSPS) is 14.1. The largest absolute Gasteiger partial charge is 0.387 e. The van der Waals surface area contributed by atoms with Gasteiger partial charge in [0.15, 0.2) is 0 Å². The molecule has 0 bridgehead atoms. The third-order valence-electron chi connectivity index (χ3n) is 9.32. The van der Waals surface area contributed by atoms with E-state index < -0.39 is 40.0 Å². The lowest BCUT2D eigenvalue weighted by molar-refractivity contribution is -0.130. The van der Waals surface area contributed by atoms with Crippen molar-refractivity contribution in [3.63, 3.8) is 0 Å². The number of aliphatic hydroxyl groups excluding tert-OH is 2. The predicted octanol–water partition coefficient (Wildman–Crippen LogP) is 10.4. The number of rotatable bonds is 36. The summed E-state index contributed by atoms with van der Waals surface area (Å²) in [6, 6.07) is -1.23. The Kier molecular flexibility index (Phi) is 32.8. The Balaban J connectivity index is 4.02. The van der Waals surface area contributed by atoms with E-state index in [1.54, 1.807) is 6.08 Å². The Hall–Kier alpha value is -0.960. The van der Waals surface area contributed by atoms with Crippen LogP contribution in [0.3, 0.4) is 0 Å². The number of carbonyl (C=O) groups is 1. The van der Waals surface area contributed by atoms with Gasteiger partial charge >= 0.3 is 0 Å². The van der Waals surface area contributed by atoms with E-state index in [4.69, 9.17) is 0 Å². The standard InChI is InChI=1S/C39H77NO6S/c1-3-5-7-9-11-13-15-17-18-19-20-22-24-26-28-30-32-34-38(42)39(43)40-36(35-47(44,45)46)37(41)33-31-29-27-25-23-21-16-14-12-10-8-6-4-2/h31,33,36-38,41-42H,3-30,32,34-35H2,1-2H3,(H,40,43)(H,44,45,46)/b33-31+. The molecule has 0 saturated carbocycles. The first-order chi connectivity index (χ1) is 22.7. The molecule has 47 heavy (non-hydrogen) atoms. The summed E-state index contributed by atoms with van der Waals surface area (Å²) in [4.78, 5) is 12.6. The monoisotopic (exact) mass is 688 g/mol. The van der Waals surface area contributed by atoms with E-state index >= 15 is 0 Å². The minimum Gasteiger partial charge on any atom is -0.387 e. The van der Waals surface area contributed by atoms with Gasteiger partial charge in [-0.25, -0.2) is 0 Å². The van der Waals surface area contributed by atoms with Crippen molar-refractivity contribution in [1.29, 1.82) is 0 Å². The van der Waals surface area contributed by atoms with Crippen molar-refractivity contribution >= 4 is 16.0 Å². The van der Waals surface area contributed by atoms with Crippen molar-refractivity contribution in [1.82, 2.24) is 5.32 Å². The van der Waals surface area contributed by atoms with Crippen LogP contribution in [0.4, 0.5) is 0 Å². The smallest absolute Gasteiger partial charge is 0.267 e. The van der Waals surface area contributed by atoms with Crippen LogP contribution in [0.5, 0.6) is 0 Å². The number of aliphatic hydroxyl groups is 2. The average Bonchev–Trinajstić information content (AvgIpc) is 3.03. The minimum absolute atomic E-state index is 0.286. The molecular formula is C39H77NO6S. The fourth-order valence-electron chi connectivity index (χ4n) is 6.22. The maximum atomic E-state index is 12.6. The summed E-state index contributed by atoms with van der Waals surface area (Å²) in [6.45, 7) is 4.50. The van der Waals surface area contributed by atoms with Gasteiger partial charge < -0.3 is 15.5 Å². The Morgan fingerprint density at radius 3 is 1.28 bits per heavy atom. The maximum absolute atomic E-state index is 12.6. The van der Waals surface area contributed by atoms with Crippen LogP contribution in [0.2, 0.25) is 0 Å². The Morgan fingerprint density at radius 2 is 0.915 bits per heavy atom. The van der Waals surface area contributed by atoms with Crippen LogP contribution < -0.4 is 5.32 Å². The third kappa shape index (κ3) is 33.3. The minimum atomic E-state index is -4.43.